The molecule has 0 spiro atoms. The van der Waals surface area contributed by atoms with Crippen LogP contribution < -0.4 is 8.61 Å². The lowest BCUT2D eigenvalue weighted by Crippen LogP contribution is -2.50. The van der Waals surface area contributed by atoms with Crippen molar-refractivity contribution in [3.63, 3.8) is 0 Å². The number of halogens is 4. The van der Waals surface area contributed by atoms with Gasteiger partial charge in [-0.1, -0.05) is 107 Å². The highest BCUT2D eigenvalue weighted by Crippen LogP contribution is 2.57. The summed E-state index contributed by atoms with van der Waals surface area (Å²) < 4.78 is 63.4. The number of benzene rings is 6. The third-order valence-electron chi connectivity index (χ3n) is 10.8. The summed E-state index contributed by atoms with van der Waals surface area (Å²) in [6, 6.07) is 25.9. The fraction of sp³-hybridized carbons (Fsp3) is 0.114. The maximum Gasteiger partial charge on any atom is 0.311 e. The van der Waals surface area contributed by atoms with Crippen molar-refractivity contribution in [3.8, 4) is 22.3 Å². The van der Waals surface area contributed by atoms with Crippen molar-refractivity contribution in [3.05, 3.63) is 164 Å². The summed E-state index contributed by atoms with van der Waals surface area (Å²) in [5.74, 6) is -4.42. The molecule has 0 amide bonds. The molecule has 2 aliphatic heterocycles. The second-order valence-electron chi connectivity index (χ2n) is 14.3. The lowest BCUT2D eigenvalue weighted by molar-refractivity contribution is -0.143. The third-order valence-corrected chi connectivity index (χ3v) is 15.8. The van der Waals surface area contributed by atoms with Gasteiger partial charge in [0.05, 0.1) is 53.3 Å². The largest absolute Gasteiger partial charge is 0.481 e. The van der Waals surface area contributed by atoms with E-state index < -0.39 is 55.6 Å². The van der Waals surface area contributed by atoms with Crippen molar-refractivity contribution in [1.82, 2.24) is 0 Å². The molecule has 60 heavy (non-hydrogen) atoms. The lowest BCUT2D eigenvalue weighted by Gasteiger charge is -2.48. The van der Waals surface area contributed by atoms with E-state index >= 15 is 16.8 Å². The minimum Gasteiger partial charge on any atom is -0.481 e. The van der Waals surface area contributed by atoms with E-state index in [1.165, 1.54) is 62.4 Å². The topological polar surface area (TPSA) is 146 Å². The zero-order valence-electron chi connectivity index (χ0n) is 31.3. The molecular weight excluding hydrogens is 890 g/mol. The number of sulfonamides is 2. The van der Waals surface area contributed by atoms with Gasteiger partial charge >= 0.3 is 5.97 Å². The molecular formula is C44H30Cl4N2O8S2. The predicted molar refractivity (Wildman–Crippen MR) is 233 cm³/mol. The summed E-state index contributed by atoms with van der Waals surface area (Å²) >= 11 is 25.3. The Balaban J connectivity index is 1.52. The van der Waals surface area contributed by atoms with Gasteiger partial charge in [0, 0.05) is 22.3 Å². The van der Waals surface area contributed by atoms with Crippen LogP contribution in [0.4, 0.5) is 11.4 Å². The van der Waals surface area contributed by atoms with E-state index in [2.05, 4.69) is 0 Å². The van der Waals surface area contributed by atoms with Gasteiger partial charge in [0.1, 0.15) is 5.92 Å². The quantitative estimate of drug-likeness (QED) is 0.141. The minimum absolute atomic E-state index is 0.0629. The van der Waals surface area contributed by atoms with E-state index in [0.717, 1.165) is 20.7 Å². The average Bonchev–Trinajstić information content (AvgIpc) is 3.21. The van der Waals surface area contributed by atoms with Crippen LogP contribution in [0.5, 0.6) is 0 Å². The number of aliphatic carboxylic acids is 1. The fourth-order valence-corrected chi connectivity index (χ4v) is 12.2. The third kappa shape index (κ3) is 6.75. The van der Waals surface area contributed by atoms with E-state index in [1.807, 2.05) is 0 Å². The molecule has 0 aromatic heterocycles. The number of hydrogen-bond acceptors (Lipinski definition) is 7. The molecule has 2 unspecified atom stereocenters. The molecule has 0 aliphatic carbocycles. The van der Waals surface area contributed by atoms with Gasteiger partial charge in [-0.25, -0.2) is 16.8 Å². The summed E-state index contributed by atoms with van der Waals surface area (Å²) in [5.41, 5.74) is 2.21. The molecule has 0 radical (unpaired) electrons. The molecule has 304 valence electrons. The number of anilines is 2. The highest BCUT2D eigenvalue weighted by molar-refractivity contribution is 7.93. The van der Waals surface area contributed by atoms with Gasteiger partial charge < -0.3 is 5.11 Å². The monoisotopic (exact) mass is 918 g/mol. The summed E-state index contributed by atoms with van der Waals surface area (Å²) in [6.45, 7) is 2.63. The first kappa shape index (κ1) is 41.5. The van der Waals surface area contributed by atoms with E-state index in [1.54, 1.807) is 60.7 Å². The number of ketones is 2. The first-order chi connectivity index (χ1) is 28.4. The molecule has 0 saturated heterocycles. The van der Waals surface area contributed by atoms with E-state index in [4.69, 9.17) is 46.4 Å². The van der Waals surface area contributed by atoms with Crippen molar-refractivity contribution in [2.45, 2.75) is 35.7 Å². The average molecular weight is 921 g/mol. The fourth-order valence-electron chi connectivity index (χ4n) is 8.06. The zero-order chi connectivity index (χ0) is 43.0. The summed E-state index contributed by atoms with van der Waals surface area (Å²) in [4.78, 5) is 39.9. The minimum atomic E-state index is -4.84. The van der Waals surface area contributed by atoms with Crippen LogP contribution >= 0.6 is 46.4 Å². The van der Waals surface area contributed by atoms with Crippen molar-refractivity contribution in [2.75, 3.05) is 8.61 Å². The Labute approximate surface area is 365 Å². The van der Waals surface area contributed by atoms with Crippen LogP contribution in [-0.2, 0) is 24.8 Å². The molecule has 10 nitrogen and oxygen atoms in total. The van der Waals surface area contributed by atoms with Crippen LogP contribution in [0.1, 0.15) is 57.8 Å². The maximum absolute atomic E-state index is 15.4. The Hall–Kier alpha value is -5.21. The number of nitrogens with zero attached hydrogens (tertiary/aromatic N) is 2. The van der Waals surface area contributed by atoms with Crippen molar-refractivity contribution >= 4 is 95.4 Å². The number of carboxylic acids is 1. The van der Waals surface area contributed by atoms with Gasteiger partial charge in [-0.2, -0.15) is 0 Å². The number of carboxylic acid groups (broad SMARTS) is 1. The van der Waals surface area contributed by atoms with Crippen LogP contribution in [0.25, 0.3) is 22.3 Å². The highest BCUT2D eigenvalue weighted by atomic mass is 35.5. The first-order valence-corrected chi connectivity index (χ1v) is 22.5. The van der Waals surface area contributed by atoms with Crippen molar-refractivity contribution in [2.24, 2.45) is 5.92 Å². The number of rotatable bonds is 9. The Kier molecular flexibility index (Phi) is 10.6. The molecule has 2 heterocycles. The predicted octanol–water partition coefficient (Wildman–Crippen LogP) is 10.9. The number of hydrogen-bond donors (Lipinski definition) is 1. The molecule has 8 rings (SSSR count). The van der Waals surface area contributed by atoms with E-state index in [0.29, 0.717) is 22.3 Å². The summed E-state index contributed by atoms with van der Waals surface area (Å²) in [5, 5.41) is 11.7. The van der Waals surface area contributed by atoms with Gasteiger partial charge in [-0.05, 0) is 96.8 Å². The molecule has 6 aromatic rings. The number of fused-ring (bicyclic) bond motifs is 6. The van der Waals surface area contributed by atoms with Crippen LogP contribution in [0.2, 0.25) is 20.1 Å². The van der Waals surface area contributed by atoms with Gasteiger partial charge in [0.15, 0.2) is 11.6 Å². The van der Waals surface area contributed by atoms with Gasteiger partial charge in [-0.15, -0.1) is 0 Å². The van der Waals surface area contributed by atoms with Crippen LogP contribution in [-0.4, -0.2) is 39.5 Å². The lowest BCUT2D eigenvalue weighted by atomic mass is 9.75. The molecule has 0 bridgehead atoms. The van der Waals surface area contributed by atoms with Crippen LogP contribution in [0.15, 0.2) is 131 Å². The van der Waals surface area contributed by atoms with Crippen molar-refractivity contribution < 1.29 is 36.3 Å². The molecule has 2 aliphatic rings. The Morgan fingerprint density at radius 2 is 0.900 bits per heavy atom. The second-order valence-corrected chi connectivity index (χ2v) is 19.5. The Morgan fingerprint density at radius 1 is 0.517 bits per heavy atom. The highest BCUT2D eigenvalue weighted by Gasteiger charge is 2.54. The molecule has 16 heteroatoms. The van der Waals surface area contributed by atoms with Crippen LogP contribution in [0.3, 0.4) is 0 Å². The van der Waals surface area contributed by atoms with E-state index in [-0.39, 0.29) is 63.5 Å². The zero-order valence-corrected chi connectivity index (χ0v) is 36.0. The normalized spacial score (nSPS) is 16.2. The van der Waals surface area contributed by atoms with Gasteiger partial charge in [-0.3, -0.25) is 23.0 Å². The maximum atomic E-state index is 15.4. The smallest absolute Gasteiger partial charge is 0.311 e. The molecule has 0 saturated carbocycles. The molecule has 0 fully saturated rings. The first-order valence-electron chi connectivity index (χ1n) is 18.1. The van der Waals surface area contributed by atoms with E-state index in [9.17, 15) is 19.5 Å². The van der Waals surface area contributed by atoms with Crippen molar-refractivity contribution in [1.29, 1.82) is 0 Å². The molecule has 2 atom stereocenters. The standard InChI is InChI=1S/C44H30Cl4N2O8S2/c1-23(51)25-11-15-29-31-7-3-5-9-39(31)49(59(55,56)27-13-17-35(45)37(47)21-27)42(33(29)19-25)41(44(53)54)43-34-20-26(24(2)52)12-16-30(34)32-8-4-6-10-40(32)50(43)60(57,58)28-14-18-36(46)38(48)22-28/h3-22,41-43H,1-2H3,(H,53,54). The van der Waals surface area contributed by atoms with Gasteiger partial charge in [0.25, 0.3) is 20.0 Å². The summed E-state index contributed by atoms with van der Waals surface area (Å²) in [7, 11) is -9.69. The number of carbonyl (C=O) groups excluding carboxylic acids is 2. The van der Waals surface area contributed by atoms with Crippen LogP contribution in [0, 0.1) is 5.92 Å². The molecule has 6 aromatic carbocycles. The molecule has 1 N–H and O–H groups in total. The number of para-hydroxylation sites is 2. The van der Waals surface area contributed by atoms with Gasteiger partial charge in [0.2, 0.25) is 0 Å². The number of Topliss-reactive ketones (excluding diaryl/α,β-unsaturated/α-hetero) is 2. The SMILES string of the molecule is CC(=O)c1ccc2c(c1)C(C(C(=O)O)C1c3cc(C(C)=O)ccc3-c3ccccc3N1S(=O)(=O)c1ccc(Cl)c(Cl)c1)N(S(=O)(=O)c1ccc(Cl)c(Cl)c1)c1ccccc1-2. The Bertz CT molecular complexity index is 2870. The Morgan fingerprint density at radius 3 is 1.25 bits per heavy atom. The number of carbonyl (C=O) groups is 3. The summed E-state index contributed by atoms with van der Waals surface area (Å²) in [6.07, 6.45) is 0. The second kappa shape index (κ2) is 15.4.